The van der Waals surface area contributed by atoms with Crippen LogP contribution in [0.1, 0.15) is 20.8 Å². The molecule has 0 N–H and O–H groups in total. The topological polar surface area (TPSA) is 9.23 Å². The van der Waals surface area contributed by atoms with Crippen LogP contribution < -0.4 is 29.6 Å². The summed E-state index contributed by atoms with van der Waals surface area (Å²) in [7, 11) is 0. The van der Waals surface area contributed by atoms with E-state index in [0.29, 0.717) is 0 Å². The van der Waals surface area contributed by atoms with Crippen LogP contribution >= 0.6 is 12.2 Å². The molecule has 0 aromatic rings. The quantitative estimate of drug-likeness (QED) is 0.254. The first kappa shape index (κ1) is 12.8. The van der Waals surface area contributed by atoms with Gasteiger partial charge >= 0.3 is 29.6 Å². The van der Waals surface area contributed by atoms with Crippen LogP contribution in [-0.2, 0) is 17.4 Å². The number of hydrogen-bond acceptors (Lipinski definition) is 3. The zero-order chi connectivity index (χ0) is 6.78. The van der Waals surface area contributed by atoms with Crippen LogP contribution in [0.4, 0.5) is 0 Å². The van der Waals surface area contributed by atoms with Gasteiger partial charge in [0.2, 0.25) is 0 Å². The average molecular weight is 172 g/mol. The fourth-order valence-electron chi connectivity index (χ4n) is 0.250. The molecule has 48 valence electrons. The van der Waals surface area contributed by atoms with Gasteiger partial charge in [0.1, 0.15) is 0 Å². The van der Waals surface area contributed by atoms with Crippen molar-refractivity contribution in [2.45, 2.75) is 26.4 Å². The van der Waals surface area contributed by atoms with Gasteiger partial charge in [-0.1, -0.05) is 0 Å². The Morgan fingerprint density at radius 2 is 1.78 bits per heavy atom. The summed E-state index contributed by atoms with van der Waals surface area (Å²) in [5, 5.41) is 0. The van der Waals surface area contributed by atoms with Crippen molar-refractivity contribution >= 4 is 29.2 Å². The van der Waals surface area contributed by atoms with Crippen molar-refractivity contribution in [2.24, 2.45) is 0 Å². The standard InChI is InChI=1S/C5H10OS2.Na/c1-5(2,3)6-4(7)8;/h1-3H3,(H,7,8);/q;+1/p-1. The monoisotopic (exact) mass is 172 g/mol. The van der Waals surface area contributed by atoms with Gasteiger partial charge in [-0.15, -0.1) is 0 Å². The first-order valence-electron chi connectivity index (χ1n) is 2.32. The third-order valence-corrected chi connectivity index (χ3v) is 0.556. The summed E-state index contributed by atoms with van der Waals surface area (Å²) in [5.41, 5.74) is -0.223. The third-order valence-electron chi connectivity index (χ3n) is 0.390. The van der Waals surface area contributed by atoms with E-state index in [4.69, 9.17) is 4.74 Å². The van der Waals surface area contributed by atoms with E-state index >= 15 is 0 Å². The molecule has 4 heteroatoms. The molecule has 9 heavy (non-hydrogen) atoms. The Bertz CT molecular complexity index is 97.6. The fourth-order valence-corrected chi connectivity index (χ4v) is 0.750. The van der Waals surface area contributed by atoms with Gasteiger partial charge in [-0.05, 0) is 20.8 Å². The Hall–Kier alpha value is 1.11. The maximum Gasteiger partial charge on any atom is 1.00 e. The van der Waals surface area contributed by atoms with E-state index < -0.39 is 0 Å². The molecule has 0 atom stereocenters. The summed E-state index contributed by atoms with van der Waals surface area (Å²) in [6, 6.07) is 0. The van der Waals surface area contributed by atoms with E-state index in [2.05, 4.69) is 24.8 Å². The number of thiocarbonyl (C=S) groups is 1. The van der Waals surface area contributed by atoms with Gasteiger partial charge in [0.15, 0.2) is 0 Å². The number of rotatable bonds is 0. The van der Waals surface area contributed by atoms with Crippen molar-refractivity contribution < 1.29 is 34.3 Å². The Morgan fingerprint density at radius 3 is 1.78 bits per heavy atom. The number of hydrogen-bond donors (Lipinski definition) is 0. The second-order valence-corrected chi connectivity index (χ2v) is 3.46. The smallest absolute Gasteiger partial charge is 0.508 e. The molecule has 0 aliphatic heterocycles. The summed E-state index contributed by atoms with van der Waals surface area (Å²) >= 11 is 9.07. The molecule has 0 aliphatic carbocycles. The molecule has 1 nitrogen and oxygen atoms in total. The summed E-state index contributed by atoms with van der Waals surface area (Å²) in [6.07, 6.45) is 0. The summed E-state index contributed by atoms with van der Waals surface area (Å²) < 4.78 is 5.18. The molecule has 0 fully saturated rings. The van der Waals surface area contributed by atoms with Crippen LogP contribution in [0, 0.1) is 0 Å². The molecule has 0 rings (SSSR count). The fraction of sp³-hybridized carbons (Fsp3) is 0.800. The molecule has 0 saturated heterocycles. The average Bonchev–Trinajstić information content (AvgIpc) is 1.21. The van der Waals surface area contributed by atoms with E-state index in [1.807, 2.05) is 20.8 Å². The van der Waals surface area contributed by atoms with E-state index in [-0.39, 0.29) is 39.5 Å². The van der Waals surface area contributed by atoms with Crippen LogP contribution in [0.25, 0.3) is 0 Å². The summed E-state index contributed by atoms with van der Waals surface area (Å²) in [6.45, 7) is 5.72. The van der Waals surface area contributed by atoms with Crippen LogP contribution in [0.15, 0.2) is 0 Å². The van der Waals surface area contributed by atoms with E-state index in [1.165, 1.54) is 0 Å². The molecular formula is C5H9NaOS2. The summed E-state index contributed by atoms with van der Waals surface area (Å²) in [5.74, 6) is 0. The maximum absolute atomic E-state index is 4.98. The minimum Gasteiger partial charge on any atom is -0.508 e. The predicted molar refractivity (Wildman–Crippen MR) is 40.8 cm³/mol. The van der Waals surface area contributed by atoms with Crippen molar-refractivity contribution in [3.63, 3.8) is 0 Å². The minimum absolute atomic E-state index is 0. The molecule has 0 aliphatic rings. The molecule has 0 aromatic carbocycles. The largest absolute Gasteiger partial charge is 1.00 e. The second-order valence-electron chi connectivity index (χ2n) is 2.46. The number of ether oxygens (including phenoxy) is 1. The van der Waals surface area contributed by atoms with Gasteiger partial charge < -0.3 is 29.6 Å². The molecule has 0 spiro atoms. The van der Waals surface area contributed by atoms with Crippen molar-refractivity contribution in [1.82, 2.24) is 0 Å². The Labute approximate surface area is 89.2 Å². The first-order chi connectivity index (χ1) is 3.42. The van der Waals surface area contributed by atoms with Crippen molar-refractivity contribution in [3.05, 3.63) is 0 Å². The van der Waals surface area contributed by atoms with Crippen molar-refractivity contribution in [3.8, 4) is 0 Å². The van der Waals surface area contributed by atoms with Crippen LogP contribution in [0.5, 0.6) is 0 Å². The minimum atomic E-state index is -0.223. The Kier molecular flexibility index (Phi) is 6.88. The van der Waals surface area contributed by atoms with Crippen LogP contribution in [-0.4, -0.2) is 9.98 Å². The van der Waals surface area contributed by atoms with Gasteiger partial charge in [-0.25, -0.2) is 0 Å². The summed E-state index contributed by atoms with van der Waals surface area (Å²) in [4.78, 5) is 0. The molecule has 0 radical (unpaired) electrons. The zero-order valence-corrected chi connectivity index (χ0v) is 9.86. The second kappa shape index (κ2) is 4.85. The van der Waals surface area contributed by atoms with Gasteiger partial charge in [0.25, 0.3) is 0 Å². The Morgan fingerprint density at radius 1 is 1.44 bits per heavy atom. The van der Waals surface area contributed by atoms with Gasteiger partial charge in [-0.3, -0.25) is 0 Å². The molecule has 0 heterocycles. The maximum atomic E-state index is 4.98. The molecule has 0 bridgehead atoms. The van der Waals surface area contributed by atoms with E-state index in [1.54, 1.807) is 0 Å². The molecule has 0 unspecified atom stereocenters. The predicted octanol–water partition coefficient (Wildman–Crippen LogP) is -1.36. The van der Waals surface area contributed by atoms with Gasteiger partial charge in [0.05, 0.1) is 5.60 Å². The van der Waals surface area contributed by atoms with E-state index in [0.717, 1.165) is 0 Å². The Balaban J connectivity index is 0. The normalized spacial score (nSPS) is 9.67. The molecular weight excluding hydrogens is 163 g/mol. The third kappa shape index (κ3) is 12.3. The van der Waals surface area contributed by atoms with Crippen LogP contribution in [0.3, 0.4) is 0 Å². The first-order valence-corrected chi connectivity index (χ1v) is 3.13. The van der Waals surface area contributed by atoms with Crippen LogP contribution in [0.2, 0.25) is 0 Å². The van der Waals surface area contributed by atoms with Crippen molar-refractivity contribution in [1.29, 1.82) is 0 Å². The van der Waals surface area contributed by atoms with Gasteiger partial charge in [-0.2, -0.15) is 0 Å². The molecule has 0 amide bonds. The SMILES string of the molecule is CC(C)(C)OC(=S)[S-].[Na+]. The zero-order valence-electron chi connectivity index (χ0n) is 6.22. The van der Waals surface area contributed by atoms with E-state index in [9.17, 15) is 0 Å². The molecule has 0 aromatic heterocycles. The van der Waals surface area contributed by atoms with Crippen molar-refractivity contribution in [2.75, 3.05) is 0 Å². The van der Waals surface area contributed by atoms with Gasteiger partial charge in [0, 0.05) is 4.38 Å². The molecule has 0 saturated carbocycles.